The zero-order valence-corrected chi connectivity index (χ0v) is 12.5. The van der Waals surface area contributed by atoms with Crippen LogP contribution >= 0.6 is 27.5 Å². The maximum absolute atomic E-state index is 12.2. The fourth-order valence-electron chi connectivity index (χ4n) is 1.65. The standard InChI is InChI=1S/C14H12BrClN2O/c1-8-3-2-4-12(13(8)15)18-14(19)10-7-9(17)5-6-11(10)16/h2-7H,17H2,1H3,(H,18,19). The van der Waals surface area contributed by atoms with Crippen molar-refractivity contribution in [2.24, 2.45) is 0 Å². The number of nitrogen functional groups attached to an aromatic ring is 1. The van der Waals surface area contributed by atoms with Crippen LogP contribution in [0.3, 0.4) is 0 Å². The van der Waals surface area contributed by atoms with Crippen LogP contribution in [-0.2, 0) is 0 Å². The Morgan fingerprint density at radius 3 is 2.79 bits per heavy atom. The summed E-state index contributed by atoms with van der Waals surface area (Å²) in [5, 5.41) is 3.18. The summed E-state index contributed by atoms with van der Waals surface area (Å²) in [5.41, 5.74) is 8.26. The highest BCUT2D eigenvalue weighted by atomic mass is 79.9. The Labute approximate surface area is 124 Å². The molecule has 2 aromatic rings. The molecule has 98 valence electrons. The van der Waals surface area contributed by atoms with Crippen LogP contribution in [-0.4, -0.2) is 5.91 Å². The molecule has 2 rings (SSSR count). The second-order valence-electron chi connectivity index (χ2n) is 4.13. The van der Waals surface area contributed by atoms with Gasteiger partial charge < -0.3 is 11.1 Å². The van der Waals surface area contributed by atoms with Crippen molar-refractivity contribution >= 4 is 44.8 Å². The quantitative estimate of drug-likeness (QED) is 0.804. The average molecular weight is 340 g/mol. The minimum absolute atomic E-state index is 0.288. The van der Waals surface area contributed by atoms with Crippen molar-refractivity contribution in [2.45, 2.75) is 6.92 Å². The number of aryl methyl sites for hydroxylation is 1. The van der Waals surface area contributed by atoms with E-state index in [0.717, 1.165) is 10.0 Å². The Morgan fingerprint density at radius 2 is 2.05 bits per heavy atom. The maximum Gasteiger partial charge on any atom is 0.257 e. The molecule has 0 aliphatic rings. The normalized spacial score (nSPS) is 10.3. The molecule has 0 aliphatic carbocycles. The number of nitrogens with one attached hydrogen (secondary N) is 1. The SMILES string of the molecule is Cc1cccc(NC(=O)c2cc(N)ccc2Cl)c1Br. The molecule has 0 saturated carbocycles. The van der Waals surface area contributed by atoms with E-state index >= 15 is 0 Å². The Balaban J connectivity index is 2.31. The number of anilines is 2. The van der Waals surface area contributed by atoms with E-state index < -0.39 is 0 Å². The molecule has 0 aliphatic heterocycles. The minimum atomic E-state index is -0.288. The van der Waals surface area contributed by atoms with Crippen LogP contribution in [0.2, 0.25) is 5.02 Å². The summed E-state index contributed by atoms with van der Waals surface area (Å²) in [6, 6.07) is 10.5. The lowest BCUT2D eigenvalue weighted by molar-refractivity contribution is 0.102. The third kappa shape index (κ3) is 3.08. The van der Waals surface area contributed by atoms with Crippen molar-refractivity contribution < 1.29 is 4.79 Å². The van der Waals surface area contributed by atoms with Crippen LogP contribution in [0.1, 0.15) is 15.9 Å². The Hall–Kier alpha value is -1.52. The molecule has 3 nitrogen and oxygen atoms in total. The molecule has 0 fully saturated rings. The molecule has 0 heterocycles. The van der Waals surface area contributed by atoms with Crippen molar-refractivity contribution in [3.8, 4) is 0 Å². The second kappa shape index (κ2) is 5.63. The first kappa shape index (κ1) is 13.9. The van der Waals surface area contributed by atoms with E-state index in [1.165, 1.54) is 0 Å². The van der Waals surface area contributed by atoms with Gasteiger partial charge >= 0.3 is 0 Å². The summed E-state index contributed by atoms with van der Waals surface area (Å²) in [4.78, 5) is 12.2. The topological polar surface area (TPSA) is 55.1 Å². The number of hydrogen-bond acceptors (Lipinski definition) is 2. The maximum atomic E-state index is 12.2. The molecule has 0 radical (unpaired) electrons. The lowest BCUT2D eigenvalue weighted by atomic mass is 10.1. The number of carbonyl (C=O) groups excluding carboxylic acids is 1. The van der Waals surface area contributed by atoms with E-state index in [1.54, 1.807) is 18.2 Å². The van der Waals surface area contributed by atoms with Gasteiger partial charge in [-0.15, -0.1) is 0 Å². The molecule has 3 N–H and O–H groups in total. The number of nitrogens with two attached hydrogens (primary N) is 1. The highest BCUT2D eigenvalue weighted by Crippen LogP contribution is 2.27. The van der Waals surface area contributed by atoms with Gasteiger partial charge in [-0.2, -0.15) is 0 Å². The van der Waals surface area contributed by atoms with E-state index in [1.807, 2.05) is 25.1 Å². The molecule has 2 aromatic carbocycles. The Bertz CT molecular complexity index is 643. The van der Waals surface area contributed by atoms with Gasteiger partial charge in [-0.25, -0.2) is 0 Å². The van der Waals surface area contributed by atoms with Crippen LogP contribution < -0.4 is 11.1 Å². The van der Waals surface area contributed by atoms with Crippen molar-refractivity contribution in [3.05, 3.63) is 57.0 Å². The number of benzene rings is 2. The molecule has 0 spiro atoms. The second-order valence-corrected chi connectivity index (χ2v) is 5.33. The molecule has 0 unspecified atom stereocenters. The first-order chi connectivity index (χ1) is 8.99. The highest BCUT2D eigenvalue weighted by Gasteiger charge is 2.12. The van der Waals surface area contributed by atoms with Gasteiger partial charge in [-0.1, -0.05) is 23.7 Å². The molecular weight excluding hydrogens is 328 g/mol. The summed E-state index contributed by atoms with van der Waals surface area (Å²) < 4.78 is 0.850. The van der Waals surface area contributed by atoms with Crippen molar-refractivity contribution in [1.29, 1.82) is 0 Å². The number of carbonyl (C=O) groups is 1. The predicted octanol–water partition coefficient (Wildman–Crippen LogP) is 4.25. The number of amides is 1. The monoisotopic (exact) mass is 338 g/mol. The number of hydrogen-bond donors (Lipinski definition) is 2. The van der Waals surface area contributed by atoms with Gasteiger partial charge in [0.1, 0.15) is 0 Å². The molecular formula is C14H12BrClN2O. The van der Waals surface area contributed by atoms with E-state index in [0.29, 0.717) is 22.0 Å². The first-order valence-corrected chi connectivity index (χ1v) is 6.77. The number of halogens is 2. The van der Waals surface area contributed by atoms with Crippen LogP contribution in [0.15, 0.2) is 40.9 Å². The Morgan fingerprint density at radius 1 is 1.32 bits per heavy atom. The minimum Gasteiger partial charge on any atom is -0.399 e. The predicted molar refractivity (Wildman–Crippen MR) is 82.7 cm³/mol. The zero-order valence-electron chi connectivity index (χ0n) is 10.2. The summed E-state index contributed by atoms with van der Waals surface area (Å²) in [7, 11) is 0. The largest absolute Gasteiger partial charge is 0.399 e. The smallest absolute Gasteiger partial charge is 0.257 e. The zero-order chi connectivity index (χ0) is 14.0. The van der Waals surface area contributed by atoms with E-state index in [9.17, 15) is 4.79 Å². The molecule has 19 heavy (non-hydrogen) atoms. The van der Waals surface area contributed by atoms with Crippen LogP contribution in [0, 0.1) is 6.92 Å². The van der Waals surface area contributed by atoms with E-state index in [-0.39, 0.29) is 5.91 Å². The van der Waals surface area contributed by atoms with Crippen molar-refractivity contribution in [1.82, 2.24) is 0 Å². The van der Waals surface area contributed by atoms with Crippen LogP contribution in [0.4, 0.5) is 11.4 Å². The molecule has 0 aromatic heterocycles. The first-order valence-electron chi connectivity index (χ1n) is 5.60. The molecule has 0 saturated heterocycles. The molecule has 0 bridgehead atoms. The Kier molecular flexibility index (Phi) is 4.12. The fraction of sp³-hybridized carbons (Fsp3) is 0.0714. The summed E-state index contributed by atoms with van der Waals surface area (Å²) in [6.45, 7) is 1.95. The van der Waals surface area contributed by atoms with Gasteiger partial charge in [0.05, 0.1) is 16.3 Å². The molecule has 1 amide bonds. The van der Waals surface area contributed by atoms with Gasteiger partial charge in [0.2, 0.25) is 0 Å². The molecule has 5 heteroatoms. The van der Waals surface area contributed by atoms with Gasteiger partial charge in [-0.3, -0.25) is 4.79 Å². The average Bonchev–Trinajstić information content (AvgIpc) is 2.38. The van der Waals surface area contributed by atoms with Gasteiger partial charge in [-0.05, 0) is 52.7 Å². The summed E-state index contributed by atoms with van der Waals surface area (Å²) in [5.74, 6) is -0.288. The number of rotatable bonds is 2. The van der Waals surface area contributed by atoms with Gasteiger partial charge in [0.15, 0.2) is 0 Å². The van der Waals surface area contributed by atoms with Crippen LogP contribution in [0.5, 0.6) is 0 Å². The van der Waals surface area contributed by atoms with Crippen molar-refractivity contribution in [2.75, 3.05) is 11.1 Å². The van der Waals surface area contributed by atoms with Gasteiger partial charge in [0.25, 0.3) is 5.91 Å². The molecule has 0 atom stereocenters. The van der Waals surface area contributed by atoms with Gasteiger partial charge in [0, 0.05) is 10.2 Å². The lowest BCUT2D eigenvalue weighted by Crippen LogP contribution is -2.13. The third-order valence-corrected chi connectivity index (χ3v) is 4.06. The third-order valence-electron chi connectivity index (χ3n) is 2.68. The van der Waals surface area contributed by atoms with Crippen LogP contribution in [0.25, 0.3) is 0 Å². The highest BCUT2D eigenvalue weighted by molar-refractivity contribution is 9.10. The summed E-state index contributed by atoms with van der Waals surface area (Å²) >= 11 is 9.44. The lowest BCUT2D eigenvalue weighted by Gasteiger charge is -2.10. The van der Waals surface area contributed by atoms with E-state index in [2.05, 4.69) is 21.2 Å². The van der Waals surface area contributed by atoms with E-state index in [4.69, 9.17) is 17.3 Å². The summed E-state index contributed by atoms with van der Waals surface area (Å²) in [6.07, 6.45) is 0. The van der Waals surface area contributed by atoms with Crippen molar-refractivity contribution in [3.63, 3.8) is 0 Å². The fourth-order valence-corrected chi connectivity index (χ4v) is 2.22.